The number of carbonyl (C=O) groups is 1. The van der Waals surface area contributed by atoms with Crippen LogP contribution in [0.15, 0.2) is 47.5 Å². The van der Waals surface area contributed by atoms with E-state index in [1.165, 1.54) is 0 Å². The first-order chi connectivity index (χ1) is 13.0. The van der Waals surface area contributed by atoms with Crippen LogP contribution in [0.1, 0.15) is 34.2 Å². The Labute approximate surface area is 161 Å². The third-order valence-electron chi connectivity index (χ3n) is 3.98. The molecule has 0 aliphatic heterocycles. The molecule has 2 aromatic rings. The molecule has 27 heavy (non-hydrogen) atoms. The number of pyridine rings is 1. The van der Waals surface area contributed by atoms with Crippen molar-refractivity contribution in [3.05, 3.63) is 65.0 Å². The van der Waals surface area contributed by atoms with Gasteiger partial charge in [-0.15, -0.1) is 0 Å². The molecule has 6 nitrogen and oxygen atoms in total. The van der Waals surface area contributed by atoms with Crippen molar-refractivity contribution in [2.45, 2.75) is 26.8 Å². The molecule has 1 aromatic heterocycles. The third-order valence-corrected chi connectivity index (χ3v) is 3.98. The van der Waals surface area contributed by atoms with Gasteiger partial charge in [0.1, 0.15) is 0 Å². The number of hydrogen-bond donors (Lipinski definition) is 2. The molecule has 0 saturated heterocycles. The van der Waals surface area contributed by atoms with Gasteiger partial charge in [0.25, 0.3) is 5.91 Å². The fraction of sp³-hybridized carbons (Fsp3) is 0.381. The van der Waals surface area contributed by atoms with E-state index in [0.29, 0.717) is 12.1 Å². The van der Waals surface area contributed by atoms with Crippen molar-refractivity contribution in [1.29, 1.82) is 0 Å². The Kier molecular flexibility index (Phi) is 7.79. The fourth-order valence-corrected chi connectivity index (χ4v) is 2.63. The van der Waals surface area contributed by atoms with Crippen LogP contribution in [0.5, 0.6) is 0 Å². The number of carbonyl (C=O) groups excluding carboxylic acids is 1. The number of aromatic nitrogens is 1. The standard InChI is InChI=1S/C21H29N5O/c1-5-22-21(24-15-19-11-6-8-16(2)25-19)23-13-12-17-9-7-10-18(14-17)20(27)26(3)4/h6-11,14H,5,12-13,15H2,1-4H3,(H2,22,23,24). The predicted molar refractivity (Wildman–Crippen MR) is 110 cm³/mol. The van der Waals surface area contributed by atoms with E-state index in [0.717, 1.165) is 42.4 Å². The molecule has 0 fully saturated rings. The minimum Gasteiger partial charge on any atom is -0.357 e. The topological polar surface area (TPSA) is 69.6 Å². The summed E-state index contributed by atoms with van der Waals surface area (Å²) in [6.45, 7) is 6.07. The maximum atomic E-state index is 12.1. The van der Waals surface area contributed by atoms with Crippen LogP contribution < -0.4 is 10.6 Å². The molecule has 0 aliphatic rings. The fourth-order valence-electron chi connectivity index (χ4n) is 2.63. The molecule has 0 aliphatic carbocycles. The van der Waals surface area contributed by atoms with E-state index in [2.05, 4.69) is 20.6 Å². The van der Waals surface area contributed by atoms with E-state index in [9.17, 15) is 4.79 Å². The molecule has 0 saturated carbocycles. The van der Waals surface area contributed by atoms with Gasteiger partial charge in [0.05, 0.1) is 12.2 Å². The van der Waals surface area contributed by atoms with Crippen molar-refractivity contribution >= 4 is 11.9 Å². The van der Waals surface area contributed by atoms with Gasteiger partial charge in [-0.3, -0.25) is 9.78 Å². The largest absolute Gasteiger partial charge is 0.357 e. The van der Waals surface area contributed by atoms with Crippen LogP contribution in [0, 0.1) is 6.92 Å². The summed E-state index contributed by atoms with van der Waals surface area (Å²) in [7, 11) is 3.53. The molecule has 144 valence electrons. The second-order valence-corrected chi connectivity index (χ2v) is 6.54. The van der Waals surface area contributed by atoms with E-state index >= 15 is 0 Å². The van der Waals surface area contributed by atoms with E-state index in [1.807, 2.05) is 56.3 Å². The van der Waals surface area contributed by atoms with Crippen LogP contribution in [0.2, 0.25) is 0 Å². The second kappa shape index (κ2) is 10.3. The van der Waals surface area contributed by atoms with E-state index < -0.39 is 0 Å². The third kappa shape index (κ3) is 6.73. The maximum Gasteiger partial charge on any atom is 0.253 e. The highest BCUT2D eigenvalue weighted by molar-refractivity contribution is 5.94. The zero-order valence-corrected chi connectivity index (χ0v) is 16.6. The Balaban J connectivity index is 1.93. The van der Waals surface area contributed by atoms with Gasteiger partial charge in [-0.1, -0.05) is 18.2 Å². The van der Waals surface area contributed by atoms with Crippen molar-refractivity contribution in [2.75, 3.05) is 27.2 Å². The summed E-state index contributed by atoms with van der Waals surface area (Å²) in [5.41, 5.74) is 3.77. The van der Waals surface area contributed by atoms with Crippen LogP contribution in [0.25, 0.3) is 0 Å². The van der Waals surface area contributed by atoms with Crippen LogP contribution >= 0.6 is 0 Å². The number of aliphatic imine (C=N–C) groups is 1. The molecule has 1 amide bonds. The summed E-state index contributed by atoms with van der Waals surface area (Å²) in [6, 6.07) is 13.7. The Morgan fingerprint density at radius 2 is 1.93 bits per heavy atom. The number of benzene rings is 1. The van der Waals surface area contributed by atoms with Gasteiger partial charge in [0, 0.05) is 38.4 Å². The molecule has 6 heteroatoms. The molecular weight excluding hydrogens is 338 g/mol. The van der Waals surface area contributed by atoms with Gasteiger partial charge in [-0.2, -0.15) is 0 Å². The summed E-state index contributed by atoms with van der Waals surface area (Å²) in [4.78, 5) is 22.7. The van der Waals surface area contributed by atoms with Gasteiger partial charge in [0.2, 0.25) is 0 Å². The number of nitrogens with one attached hydrogen (secondary N) is 2. The molecule has 2 N–H and O–H groups in total. The van der Waals surface area contributed by atoms with E-state index in [-0.39, 0.29) is 5.91 Å². The summed E-state index contributed by atoms with van der Waals surface area (Å²) < 4.78 is 0. The zero-order chi connectivity index (χ0) is 19.6. The SMILES string of the molecule is CCNC(=NCc1cccc(C)n1)NCCc1cccc(C(=O)N(C)C)c1. The van der Waals surface area contributed by atoms with E-state index in [4.69, 9.17) is 0 Å². The second-order valence-electron chi connectivity index (χ2n) is 6.54. The minimum atomic E-state index is 0.0189. The molecule has 0 unspecified atom stereocenters. The van der Waals surface area contributed by atoms with Crippen molar-refractivity contribution in [3.63, 3.8) is 0 Å². The lowest BCUT2D eigenvalue weighted by Crippen LogP contribution is -2.38. The summed E-state index contributed by atoms with van der Waals surface area (Å²) >= 11 is 0. The lowest BCUT2D eigenvalue weighted by molar-refractivity contribution is 0.0827. The smallest absolute Gasteiger partial charge is 0.253 e. The minimum absolute atomic E-state index is 0.0189. The van der Waals surface area contributed by atoms with E-state index in [1.54, 1.807) is 19.0 Å². The number of amides is 1. The Bertz CT molecular complexity index is 786. The number of rotatable bonds is 7. The van der Waals surface area contributed by atoms with Crippen molar-refractivity contribution < 1.29 is 4.79 Å². The van der Waals surface area contributed by atoms with Gasteiger partial charge in [-0.05, 0) is 50.1 Å². The molecule has 0 bridgehead atoms. The molecule has 0 radical (unpaired) electrons. The highest BCUT2D eigenvalue weighted by Crippen LogP contribution is 2.08. The summed E-state index contributed by atoms with van der Waals surface area (Å²) in [5.74, 6) is 0.784. The van der Waals surface area contributed by atoms with Gasteiger partial charge in [0.15, 0.2) is 5.96 Å². The zero-order valence-electron chi connectivity index (χ0n) is 16.6. The van der Waals surface area contributed by atoms with Crippen LogP contribution in [0.3, 0.4) is 0 Å². The Morgan fingerprint density at radius 1 is 1.15 bits per heavy atom. The van der Waals surface area contributed by atoms with Gasteiger partial charge >= 0.3 is 0 Å². The van der Waals surface area contributed by atoms with Crippen LogP contribution in [-0.2, 0) is 13.0 Å². The quantitative estimate of drug-likeness (QED) is 0.582. The highest BCUT2D eigenvalue weighted by Gasteiger charge is 2.08. The summed E-state index contributed by atoms with van der Waals surface area (Å²) in [6.07, 6.45) is 0.807. The predicted octanol–water partition coefficient (Wildman–Crippen LogP) is 2.39. The normalized spacial score (nSPS) is 11.2. The first kappa shape index (κ1) is 20.4. The van der Waals surface area contributed by atoms with Crippen LogP contribution in [0.4, 0.5) is 0 Å². The monoisotopic (exact) mass is 367 g/mol. The number of aryl methyl sites for hydroxylation is 1. The first-order valence-corrected chi connectivity index (χ1v) is 9.25. The average molecular weight is 367 g/mol. The number of nitrogens with zero attached hydrogens (tertiary/aromatic N) is 3. The molecule has 1 heterocycles. The highest BCUT2D eigenvalue weighted by atomic mass is 16.2. The summed E-state index contributed by atoms with van der Waals surface area (Å²) in [5, 5.41) is 6.59. The van der Waals surface area contributed by atoms with Crippen LogP contribution in [-0.4, -0.2) is 48.9 Å². The Hall–Kier alpha value is -2.89. The lowest BCUT2D eigenvalue weighted by Gasteiger charge is -2.13. The van der Waals surface area contributed by atoms with Crippen molar-refractivity contribution in [2.24, 2.45) is 4.99 Å². The van der Waals surface area contributed by atoms with Crippen molar-refractivity contribution in [1.82, 2.24) is 20.5 Å². The first-order valence-electron chi connectivity index (χ1n) is 9.25. The molecule has 1 aromatic carbocycles. The van der Waals surface area contributed by atoms with Crippen molar-refractivity contribution in [3.8, 4) is 0 Å². The number of guanidine groups is 1. The molecule has 0 atom stereocenters. The van der Waals surface area contributed by atoms with Gasteiger partial charge < -0.3 is 15.5 Å². The number of hydrogen-bond acceptors (Lipinski definition) is 3. The average Bonchev–Trinajstić information content (AvgIpc) is 2.65. The van der Waals surface area contributed by atoms with Gasteiger partial charge in [-0.25, -0.2) is 4.99 Å². The maximum absolute atomic E-state index is 12.1. The molecule has 2 rings (SSSR count). The lowest BCUT2D eigenvalue weighted by atomic mass is 10.1. The molecular formula is C21H29N5O. The Morgan fingerprint density at radius 3 is 2.63 bits per heavy atom. The molecule has 0 spiro atoms.